The molecule has 2 rings (SSSR count). The molecule has 0 radical (unpaired) electrons. The van der Waals surface area contributed by atoms with Gasteiger partial charge in [-0.25, -0.2) is 0 Å². The minimum atomic E-state index is -3.85. The Balaban J connectivity index is 2.66. The first-order valence-electron chi connectivity index (χ1n) is 10.1. The number of nitrogens with zero attached hydrogens (tertiary/aromatic N) is 1. The third-order valence-corrected chi connectivity index (χ3v) is 9.78. The van der Waals surface area contributed by atoms with Gasteiger partial charge in [-0.2, -0.15) is 0 Å². The van der Waals surface area contributed by atoms with Crippen molar-refractivity contribution in [3.05, 3.63) is 10.6 Å². The number of likely N-dealkylation sites (tertiary alicyclic amines) is 1. The molecule has 11 heteroatoms. The Bertz CT molecular complexity index is 685. The molecule has 29 heavy (non-hydrogen) atoms. The second-order valence-corrected chi connectivity index (χ2v) is 10.7. The Morgan fingerprint density at radius 2 is 1.03 bits per heavy atom. The van der Waals surface area contributed by atoms with Gasteiger partial charge < -0.3 is 18.1 Å². The highest BCUT2D eigenvalue weighted by Crippen LogP contribution is 2.70. The second kappa shape index (κ2) is 9.99. The van der Waals surface area contributed by atoms with Crippen LogP contribution in [0.5, 0.6) is 0 Å². The molecule has 0 saturated carbocycles. The molecule has 2 atom stereocenters. The van der Waals surface area contributed by atoms with Gasteiger partial charge in [0.1, 0.15) is 0 Å². The van der Waals surface area contributed by atoms with Crippen molar-refractivity contribution in [1.82, 2.24) is 4.90 Å². The van der Waals surface area contributed by atoms with Crippen LogP contribution in [0.15, 0.2) is 10.6 Å². The molecule has 1 heterocycles. The van der Waals surface area contributed by atoms with E-state index in [1.165, 1.54) is 4.90 Å². The number of fused-ring (bicyclic) bond motifs is 1. The van der Waals surface area contributed by atoms with Crippen molar-refractivity contribution in [3.63, 3.8) is 0 Å². The molecular weight excluding hydrogens is 420 g/mol. The number of hydrogen-bond donors (Lipinski definition) is 0. The lowest BCUT2D eigenvalue weighted by atomic mass is 9.85. The van der Waals surface area contributed by atoms with E-state index in [2.05, 4.69) is 0 Å². The molecule has 1 fully saturated rings. The van der Waals surface area contributed by atoms with E-state index in [1.807, 2.05) is 0 Å². The summed E-state index contributed by atoms with van der Waals surface area (Å²) in [6.07, 6.45) is -0.0784. The molecule has 1 aliphatic heterocycles. The fourth-order valence-corrected chi connectivity index (χ4v) is 8.40. The summed E-state index contributed by atoms with van der Waals surface area (Å²) in [6.45, 7) is 9.06. The van der Waals surface area contributed by atoms with Crippen LogP contribution < -0.4 is 0 Å². The van der Waals surface area contributed by atoms with Gasteiger partial charge in [-0.05, 0) is 47.5 Å². The first-order valence-corrected chi connectivity index (χ1v) is 13.2. The summed E-state index contributed by atoms with van der Waals surface area (Å²) in [7, 11) is -7.71. The van der Waals surface area contributed by atoms with Crippen molar-refractivity contribution >= 4 is 27.0 Å². The van der Waals surface area contributed by atoms with Gasteiger partial charge in [-0.1, -0.05) is 0 Å². The number of amides is 2. The minimum absolute atomic E-state index is 0.0392. The van der Waals surface area contributed by atoms with E-state index in [-0.39, 0.29) is 68.3 Å². The molecule has 9 nitrogen and oxygen atoms in total. The topological polar surface area (TPSA) is 108 Å². The quantitative estimate of drug-likeness (QED) is 0.341. The molecular formula is C18H31NO8P2. The average Bonchev–Trinajstić information content (AvgIpc) is 2.91. The van der Waals surface area contributed by atoms with Crippen LogP contribution in [0.2, 0.25) is 0 Å². The van der Waals surface area contributed by atoms with Crippen LogP contribution in [-0.4, -0.2) is 49.7 Å². The van der Waals surface area contributed by atoms with Gasteiger partial charge in [-0.15, -0.1) is 0 Å². The predicted molar refractivity (Wildman–Crippen MR) is 107 cm³/mol. The highest BCUT2D eigenvalue weighted by Gasteiger charge is 2.55. The molecule has 0 bridgehead atoms. The van der Waals surface area contributed by atoms with Gasteiger partial charge >= 0.3 is 15.2 Å². The molecule has 0 aromatic rings. The van der Waals surface area contributed by atoms with Gasteiger partial charge in [-0.3, -0.25) is 23.6 Å². The fourth-order valence-electron chi connectivity index (χ4n) is 3.88. The number of carbonyl (C=O) groups is 2. The Morgan fingerprint density at radius 3 is 1.28 bits per heavy atom. The summed E-state index contributed by atoms with van der Waals surface area (Å²) in [4.78, 5) is 26.7. The second-order valence-electron chi connectivity index (χ2n) is 6.60. The van der Waals surface area contributed by atoms with Crippen molar-refractivity contribution in [2.75, 3.05) is 33.0 Å². The zero-order valence-electron chi connectivity index (χ0n) is 17.7. The van der Waals surface area contributed by atoms with Crippen LogP contribution >= 0.6 is 15.2 Å². The van der Waals surface area contributed by atoms with E-state index in [0.29, 0.717) is 0 Å². The number of rotatable bonds is 11. The maximum Gasteiger partial charge on any atom is 0.357 e. The lowest BCUT2D eigenvalue weighted by molar-refractivity contribution is -0.139. The smallest absolute Gasteiger partial charge is 0.306 e. The van der Waals surface area contributed by atoms with Crippen LogP contribution in [0.25, 0.3) is 0 Å². The maximum atomic E-state index is 13.6. The van der Waals surface area contributed by atoms with Crippen LogP contribution in [0.3, 0.4) is 0 Å². The molecule has 0 aromatic carbocycles. The number of carbonyl (C=O) groups excluding carboxylic acids is 2. The van der Waals surface area contributed by atoms with E-state index in [1.54, 1.807) is 34.6 Å². The van der Waals surface area contributed by atoms with Crippen molar-refractivity contribution in [2.24, 2.45) is 11.8 Å². The number of allylic oxidation sites excluding steroid dienone is 2. The van der Waals surface area contributed by atoms with Crippen molar-refractivity contribution in [2.45, 2.75) is 47.5 Å². The van der Waals surface area contributed by atoms with Gasteiger partial charge in [0.15, 0.2) is 0 Å². The summed E-state index contributed by atoms with van der Waals surface area (Å²) in [5.74, 6) is -2.01. The van der Waals surface area contributed by atoms with Gasteiger partial charge in [0.05, 0.1) is 48.9 Å². The molecule has 0 spiro atoms. The average molecular weight is 451 g/mol. The molecule has 166 valence electrons. The summed E-state index contributed by atoms with van der Waals surface area (Å²) in [5.41, 5.74) is 0. The van der Waals surface area contributed by atoms with Crippen molar-refractivity contribution < 1.29 is 36.8 Å². The highest BCUT2D eigenvalue weighted by molar-refractivity contribution is 7.63. The highest BCUT2D eigenvalue weighted by atomic mass is 31.2. The summed E-state index contributed by atoms with van der Waals surface area (Å²) in [6, 6.07) is 0. The summed E-state index contributed by atoms with van der Waals surface area (Å²) < 4.78 is 49.2. The zero-order valence-corrected chi connectivity index (χ0v) is 19.5. The maximum absolute atomic E-state index is 13.6. The van der Waals surface area contributed by atoms with E-state index in [4.69, 9.17) is 18.1 Å². The van der Waals surface area contributed by atoms with Crippen molar-refractivity contribution in [3.8, 4) is 0 Å². The fraction of sp³-hybridized carbons (Fsp3) is 0.778. The Hall–Kier alpha value is -0.820. The summed E-state index contributed by atoms with van der Waals surface area (Å²) in [5, 5.41) is 0.290. The van der Waals surface area contributed by atoms with Gasteiger partial charge in [0.2, 0.25) is 11.8 Å². The monoisotopic (exact) mass is 451 g/mol. The molecule has 1 saturated heterocycles. The largest absolute Gasteiger partial charge is 0.357 e. The van der Waals surface area contributed by atoms with E-state index >= 15 is 0 Å². The van der Waals surface area contributed by atoms with Crippen LogP contribution in [-0.2, 0) is 36.8 Å². The number of hydrogen-bond acceptors (Lipinski definition) is 8. The number of imide groups is 1. The first-order chi connectivity index (χ1) is 13.7. The van der Waals surface area contributed by atoms with Crippen LogP contribution in [0.4, 0.5) is 0 Å². The van der Waals surface area contributed by atoms with Gasteiger partial charge in [0, 0.05) is 6.54 Å². The third-order valence-electron chi connectivity index (χ3n) is 4.99. The van der Waals surface area contributed by atoms with Crippen LogP contribution in [0.1, 0.15) is 47.5 Å². The Labute approximate surface area is 172 Å². The minimum Gasteiger partial charge on any atom is -0.306 e. The lowest BCUT2D eigenvalue weighted by Gasteiger charge is -2.33. The third kappa shape index (κ3) is 4.60. The summed E-state index contributed by atoms with van der Waals surface area (Å²) >= 11 is 0. The Kier molecular flexibility index (Phi) is 8.42. The first kappa shape index (κ1) is 24.4. The van der Waals surface area contributed by atoms with E-state index in [9.17, 15) is 18.7 Å². The molecule has 2 aliphatic rings. The predicted octanol–water partition coefficient (Wildman–Crippen LogP) is 4.15. The zero-order chi connectivity index (χ0) is 21.8. The standard InChI is InChI=1S/C18H31NO8P2/c1-6-19-17(20)13-11-15(28(22,24-7-2)25-8-3)16(12-14(13)18(19)21)29(23,26-9-4)27-10-5/h13-14H,6-12H2,1-5H3. The van der Waals surface area contributed by atoms with Crippen LogP contribution in [0, 0.1) is 11.8 Å². The van der Waals surface area contributed by atoms with E-state index < -0.39 is 27.0 Å². The molecule has 0 aromatic heterocycles. The molecule has 1 aliphatic carbocycles. The molecule has 0 N–H and O–H groups in total. The van der Waals surface area contributed by atoms with Gasteiger partial charge in [0.25, 0.3) is 0 Å². The normalized spacial score (nSPS) is 23.1. The molecule has 2 amide bonds. The Morgan fingerprint density at radius 1 is 0.724 bits per heavy atom. The van der Waals surface area contributed by atoms with E-state index in [0.717, 1.165) is 0 Å². The molecule has 2 unspecified atom stereocenters. The lowest BCUT2D eigenvalue weighted by Crippen LogP contribution is -2.30. The van der Waals surface area contributed by atoms with Crippen molar-refractivity contribution in [1.29, 1.82) is 0 Å². The SMILES string of the molecule is CCOP(=O)(OCC)C1=C(P(=O)(OCC)OCC)CC2C(=O)N(CC)C(=O)C2C1.